The van der Waals surface area contributed by atoms with Gasteiger partial charge in [-0.25, -0.2) is 0 Å². The second-order valence-electron chi connectivity index (χ2n) is 4.50. The summed E-state index contributed by atoms with van der Waals surface area (Å²) >= 11 is 1.69. The lowest BCUT2D eigenvalue weighted by Gasteiger charge is -2.30. The first-order valence-electron chi connectivity index (χ1n) is 5.27. The number of hydrogen-bond donors (Lipinski definition) is 0. The van der Waals surface area contributed by atoms with Crippen molar-refractivity contribution in [3.63, 3.8) is 0 Å². The molecule has 1 heterocycles. The molecule has 1 rings (SSSR count). The van der Waals surface area contributed by atoms with Crippen LogP contribution in [-0.2, 0) is 6.18 Å². The normalized spacial score (nSPS) is 14.8. The lowest BCUT2D eigenvalue weighted by Crippen LogP contribution is -2.23. The van der Waals surface area contributed by atoms with Gasteiger partial charge in [0, 0.05) is 10.9 Å². The fourth-order valence-electron chi connectivity index (χ4n) is 1.41. The van der Waals surface area contributed by atoms with Gasteiger partial charge in [0.2, 0.25) is 0 Å². The van der Waals surface area contributed by atoms with Gasteiger partial charge in [-0.15, -0.1) is 0 Å². The smallest absolute Gasteiger partial charge is 0.251 e. The second-order valence-corrected chi connectivity index (χ2v) is 5.96. The Kier molecular flexibility index (Phi) is 4.12. The molecule has 0 unspecified atom stereocenters. The molecule has 0 spiro atoms. The van der Waals surface area contributed by atoms with E-state index in [1.165, 1.54) is 12.3 Å². The van der Waals surface area contributed by atoms with Crippen molar-refractivity contribution in [2.75, 3.05) is 6.26 Å². The minimum atomic E-state index is -4.36. The van der Waals surface area contributed by atoms with Crippen molar-refractivity contribution in [2.24, 2.45) is 0 Å². The number of halogens is 3. The van der Waals surface area contributed by atoms with Crippen molar-refractivity contribution < 1.29 is 13.2 Å². The monoisotopic (exact) mass is 263 g/mol. The maximum absolute atomic E-state index is 12.4. The zero-order valence-electron chi connectivity index (χ0n) is 10.3. The van der Waals surface area contributed by atoms with Crippen LogP contribution in [0.5, 0.6) is 0 Å². The summed E-state index contributed by atoms with van der Waals surface area (Å²) in [4.78, 5) is 3.48. The number of rotatable bonds is 3. The average molecular weight is 263 g/mol. The Morgan fingerprint density at radius 1 is 1.24 bits per heavy atom. The van der Waals surface area contributed by atoms with Crippen molar-refractivity contribution in [2.45, 2.75) is 37.6 Å². The topological polar surface area (TPSA) is 12.9 Å². The first-order chi connectivity index (χ1) is 7.68. The van der Waals surface area contributed by atoms with Crippen molar-refractivity contribution in [1.29, 1.82) is 0 Å². The Hall–Kier alpha value is -0.710. The van der Waals surface area contributed by atoms with Gasteiger partial charge in [-0.05, 0) is 23.8 Å². The van der Waals surface area contributed by atoms with Crippen molar-refractivity contribution in [1.82, 2.24) is 4.98 Å². The minimum absolute atomic E-state index is 0.0264. The van der Waals surface area contributed by atoms with Crippen LogP contribution >= 0.6 is 11.8 Å². The average Bonchev–Trinajstić information content (AvgIpc) is 2.27. The lowest BCUT2D eigenvalue weighted by atomic mass is 9.90. The third-order valence-corrected chi connectivity index (χ3v) is 4.55. The van der Waals surface area contributed by atoms with Crippen molar-refractivity contribution >= 4 is 11.8 Å². The molecular weight excluding hydrogens is 247 g/mol. The van der Waals surface area contributed by atoms with E-state index < -0.39 is 11.9 Å². The van der Waals surface area contributed by atoms with Crippen molar-refractivity contribution in [3.05, 3.63) is 29.6 Å². The predicted molar refractivity (Wildman–Crippen MR) is 65.2 cm³/mol. The Labute approximate surface area is 104 Å². The third kappa shape index (κ3) is 3.37. The summed E-state index contributed by atoms with van der Waals surface area (Å²) < 4.78 is 37.0. The number of aromatic nitrogens is 1. The fourth-order valence-corrected chi connectivity index (χ4v) is 1.90. The van der Waals surface area contributed by atoms with Crippen molar-refractivity contribution in [3.8, 4) is 0 Å². The summed E-state index contributed by atoms with van der Waals surface area (Å²) in [6, 6.07) is 2.56. The Balaban J connectivity index is 2.96. The molecule has 1 aromatic heterocycles. The summed E-state index contributed by atoms with van der Waals surface area (Å²) in [6.45, 7) is 6.14. The molecule has 0 aliphatic rings. The highest BCUT2D eigenvalue weighted by Crippen LogP contribution is 2.37. The molecule has 0 N–H and O–H groups in total. The van der Waals surface area contributed by atoms with E-state index in [1.54, 1.807) is 11.8 Å². The molecule has 1 aromatic rings. The van der Waals surface area contributed by atoms with Crippen LogP contribution in [0.1, 0.15) is 37.9 Å². The quantitative estimate of drug-likeness (QED) is 0.804. The Morgan fingerprint density at radius 2 is 1.82 bits per heavy atom. The van der Waals surface area contributed by atoms with E-state index in [1.807, 2.05) is 13.2 Å². The first kappa shape index (κ1) is 14.4. The van der Waals surface area contributed by atoms with E-state index in [-0.39, 0.29) is 10.7 Å². The van der Waals surface area contributed by atoms with E-state index in [0.29, 0.717) is 0 Å². The molecule has 0 aliphatic heterocycles. The van der Waals surface area contributed by atoms with Gasteiger partial charge in [0.15, 0.2) is 0 Å². The highest BCUT2D eigenvalue weighted by atomic mass is 32.2. The van der Waals surface area contributed by atoms with Crippen LogP contribution in [0.25, 0.3) is 0 Å². The standard InChI is InChI=1S/C12H16F3NS/c1-8(11(2,3)17-4)9-5-6-10(16-7-9)12(13,14)15/h5-8H,1-4H3/t8-/m1/s1. The van der Waals surface area contributed by atoms with E-state index in [4.69, 9.17) is 0 Å². The Morgan fingerprint density at radius 3 is 2.18 bits per heavy atom. The molecule has 0 fully saturated rings. The molecule has 5 heteroatoms. The van der Waals surface area contributed by atoms with Gasteiger partial charge in [0.05, 0.1) is 0 Å². The molecule has 0 radical (unpaired) electrons. The van der Waals surface area contributed by atoms with Gasteiger partial charge in [0.25, 0.3) is 0 Å². The highest BCUT2D eigenvalue weighted by molar-refractivity contribution is 8.00. The van der Waals surface area contributed by atoms with Gasteiger partial charge in [-0.2, -0.15) is 24.9 Å². The molecule has 0 bridgehead atoms. The number of alkyl halides is 3. The molecule has 1 nitrogen and oxygen atoms in total. The molecule has 17 heavy (non-hydrogen) atoms. The molecule has 0 aliphatic carbocycles. The maximum Gasteiger partial charge on any atom is 0.433 e. The maximum atomic E-state index is 12.4. The molecular formula is C12H16F3NS. The zero-order valence-corrected chi connectivity index (χ0v) is 11.1. The lowest BCUT2D eigenvalue weighted by molar-refractivity contribution is -0.141. The third-order valence-electron chi connectivity index (χ3n) is 3.15. The SMILES string of the molecule is CSC(C)(C)[C@H](C)c1ccc(C(F)(F)F)nc1. The van der Waals surface area contributed by atoms with Crippen LogP contribution in [-0.4, -0.2) is 16.0 Å². The van der Waals surface area contributed by atoms with E-state index in [0.717, 1.165) is 11.6 Å². The number of nitrogens with zero attached hydrogens (tertiary/aromatic N) is 1. The van der Waals surface area contributed by atoms with Gasteiger partial charge < -0.3 is 0 Å². The van der Waals surface area contributed by atoms with E-state index >= 15 is 0 Å². The number of thioether (sulfide) groups is 1. The summed E-state index contributed by atoms with van der Waals surface area (Å²) in [5.74, 6) is 0.146. The highest BCUT2D eigenvalue weighted by Gasteiger charge is 2.33. The number of pyridine rings is 1. The largest absolute Gasteiger partial charge is 0.433 e. The van der Waals surface area contributed by atoms with Gasteiger partial charge in [0.1, 0.15) is 5.69 Å². The summed E-state index contributed by atoms with van der Waals surface area (Å²) in [5.41, 5.74) is -0.00671. The van der Waals surface area contributed by atoms with Crippen LogP contribution in [0.2, 0.25) is 0 Å². The number of hydrogen-bond acceptors (Lipinski definition) is 2. The van der Waals surface area contributed by atoms with E-state index in [2.05, 4.69) is 18.8 Å². The summed E-state index contributed by atoms with van der Waals surface area (Å²) in [6.07, 6.45) is -1.05. The summed E-state index contributed by atoms with van der Waals surface area (Å²) in [7, 11) is 0. The molecule has 0 saturated carbocycles. The second kappa shape index (κ2) is 4.88. The van der Waals surface area contributed by atoms with Crippen LogP contribution in [0, 0.1) is 0 Å². The predicted octanol–water partition coefficient (Wildman–Crippen LogP) is 4.35. The molecule has 0 aromatic carbocycles. The fraction of sp³-hybridized carbons (Fsp3) is 0.583. The van der Waals surface area contributed by atoms with Gasteiger partial charge in [-0.3, -0.25) is 4.98 Å². The zero-order chi connectivity index (χ0) is 13.3. The Bertz CT molecular complexity index is 370. The van der Waals surface area contributed by atoms with Crippen LogP contribution in [0.3, 0.4) is 0 Å². The molecule has 0 saturated heterocycles. The summed E-state index contributed by atoms with van der Waals surface area (Å²) in [5, 5.41) is 0. The minimum Gasteiger partial charge on any atom is -0.251 e. The van der Waals surface area contributed by atoms with Crippen LogP contribution in [0.15, 0.2) is 18.3 Å². The molecule has 0 amide bonds. The van der Waals surface area contributed by atoms with Crippen LogP contribution < -0.4 is 0 Å². The van der Waals surface area contributed by atoms with Crippen LogP contribution in [0.4, 0.5) is 13.2 Å². The van der Waals surface area contributed by atoms with Gasteiger partial charge >= 0.3 is 6.18 Å². The first-order valence-corrected chi connectivity index (χ1v) is 6.49. The van der Waals surface area contributed by atoms with Gasteiger partial charge in [-0.1, -0.05) is 26.8 Å². The molecule has 96 valence electrons. The van der Waals surface area contributed by atoms with E-state index in [9.17, 15) is 13.2 Å². The molecule has 1 atom stereocenters.